The van der Waals surface area contributed by atoms with Gasteiger partial charge in [0.15, 0.2) is 0 Å². The number of amides is 1. The Labute approximate surface area is 85.5 Å². The summed E-state index contributed by atoms with van der Waals surface area (Å²) in [4.78, 5) is 15.6. The molecule has 0 N–H and O–H groups in total. The molecule has 13 heavy (non-hydrogen) atoms. The Morgan fingerprint density at radius 1 is 1.62 bits per heavy atom. The van der Waals surface area contributed by atoms with Crippen molar-refractivity contribution in [3.63, 3.8) is 0 Å². The van der Waals surface area contributed by atoms with Gasteiger partial charge in [0.2, 0.25) is 5.91 Å². The fourth-order valence-electron chi connectivity index (χ4n) is 1.64. The third kappa shape index (κ3) is 2.88. The van der Waals surface area contributed by atoms with E-state index in [1.54, 1.807) is 0 Å². The van der Waals surface area contributed by atoms with Gasteiger partial charge >= 0.3 is 0 Å². The standard InChI is InChI=1S/C9H18N2OS/c1-10(2)8-3-5-11(7-8)9(12)4-6-13/h8,13H,3-7H2,1-2H3. The molecule has 1 atom stereocenters. The fraction of sp³-hybridized carbons (Fsp3) is 0.889. The summed E-state index contributed by atoms with van der Waals surface area (Å²) in [5, 5.41) is 0. The number of rotatable bonds is 3. The van der Waals surface area contributed by atoms with E-state index in [1.165, 1.54) is 0 Å². The molecule has 1 unspecified atom stereocenters. The number of likely N-dealkylation sites (N-methyl/N-ethyl adjacent to an activating group) is 1. The third-order valence-corrected chi connectivity index (χ3v) is 2.80. The highest BCUT2D eigenvalue weighted by molar-refractivity contribution is 7.80. The summed E-state index contributed by atoms with van der Waals surface area (Å²) < 4.78 is 0. The van der Waals surface area contributed by atoms with E-state index in [0.29, 0.717) is 18.2 Å². The number of nitrogens with zero attached hydrogens (tertiary/aromatic N) is 2. The Hall–Kier alpha value is -0.220. The first-order valence-corrected chi connectivity index (χ1v) is 5.33. The molecule has 4 heteroatoms. The molecular formula is C9H18N2OS. The Morgan fingerprint density at radius 2 is 2.31 bits per heavy atom. The van der Waals surface area contributed by atoms with Crippen LogP contribution in [0.4, 0.5) is 0 Å². The van der Waals surface area contributed by atoms with Crippen LogP contribution in [0.25, 0.3) is 0 Å². The molecular weight excluding hydrogens is 184 g/mol. The molecule has 1 heterocycles. The van der Waals surface area contributed by atoms with E-state index in [9.17, 15) is 4.79 Å². The van der Waals surface area contributed by atoms with Gasteiger partial charge in [-0.05, 0) is 26.3 Å². The van der Waals surface area contributed by atoms with Crippen molar-refractivity contribution in [2.24, 2.45) is 0 Å². The van der Waals surface area contributed by atoms with Crippen molar-refractivity contribution in [3.05, 3.63) is 0 Å². The van der Waals surface area contributed by atoms with Crippen LogP contribution in [0.15, 0.2) is 0 Å². The third-order valence-electron chi connectivity index (χ3n) is 2.57. The molecule has 1 aliphatic heterocycles. The van der Waals surface area contributed by atoms with E-state index in [4.69, 9.17) is 0 Å². The van der Waals surface area contributed by atoms with Gasteiger partial charge in [-0.15, -0.1) is 0 Å². The summed E-state index contributed by atoms with van der Waals surface area (Å²) in [7, 11) is 4.13. The summed E-state index contributed by atoms with van der Waals surface area (Å²) in [6, 6.07) is 0.545. The van der Waals surface area contributed by atoms with Crippen molar-refractivity contribution in [2.45, 2.75) is 18.9 Å². The molecule has 1 amide bonds. The van der Waals surface area contributed by atoms with E-state index in [-0.39, 0.29) is 5.91 Å². The van der Waals surface area contributed by atoms with Crippen LogP contribution in [0.5, 0.6) is 0 Å². The van der Waals surface area contributed by atoms with Gasteiger partial charge in [-0.25, -0.2) is 0 Å². The first-order chi connectivity index (χ1) is 6.15. The van der Waals surface area contributed by atoms with Crippen molar-refractivity contribution in [3.8, 4) is 0 Å². The average molecular weight is 202 g/mol. The quantitative estimate of drug-likeness (QED) is 0.673. The molecule has 1 aliphatic rings. The van der Waals surface area contributed by atoms with Gasteiger partial charge in [-0.2, -0.15) is 12.6 Å². The number of thiol groups is 1. The Balaban J connectivity index is 2.36. The Kier molecular flexibility index (Phi) is 4.06. The van der Waals surface area contributed by atoms with Gasteiger partial charge in [0.1, 0.15) is 0 Å². The largest absolute Gasteiger partial charge is 0.341 e. The zero-order valence-electron chi connectivity index (χ0n) is 8.36. The minimum absolute atomic E-state index is 0.249. The monoisotopic (exact) mass is 202 g/mol. The highest BCUT2D eigenvalue weighted by Crippen LogP contribution is 2.13. The summed E-state index contributed by atoms with van der Waals surface area (Å²) in [6.45, 7) is 1.80. The lowest BCUT2D eigenvalue weighted by Gasteiger charge is -2.20. The van der Waals surface area contributed by atoms with Crippen molar-refractivity contribution >= 4 is 18.5 Å². The lowest BCUT2D eigenvalue weighted by Crippen LogP contribution is -2.34. The number of hydrogen-bond acceptors (Lipinski definition) is 3. The van der Waals surface area contributed by atoms with Gasteiger partial charge in [0.25, 0.3) is 0 Å². The van der Waals surface area contributed by atoms with E-state index < -0.39 is 0 Å². The van der Waals surface area contributed by atoms with Gasteiger partial charge < -0.3 is 9.80 Å². The van der Waals surface area contributed by atoms with Crippen LogP contribution in [-0.2, 0) is 4.79 Å². The number of likely N-dealkylation sites (tertiary alicyclic amines) is 1. The second-order valence-electron chi connectivity index (χ2n) is 3.72. The molecule has 0 saturated carbocycles. The molecule has 0 aromatic heterocycles. The first-order valence-electron chi connectivity index (χ1n) is 4.70. The lowest BCUT2D eigenvalue weighted by molar-refractivity contribution is -0.129. The lowest BCUT2D eigenvalue weighted by atomic mass is 10.2. The molecule has 76 valence electrons. The molecule has 0 aliphatic carbocycles. The van der Waals surface area contributed by atoms with Crippen LogP contribution in [0.3, 0.4) is 0 Å². The van der Waals surface area contributed by atoms with Crippen LogP contribution in [0.2, 0.25) is 0 Å². The minimum atomic E-state index is 0.249. The number of hydrogen-bond donors (Lipinski definition) is 1. The van der Waals surface area contributed by atoms with E-state index in [0.717, 1.165) is 19.5 Å². The van der Waals surface area contributed by atoms with Crippen LogP contribution < -0.4 is 0 Å². The predicted molar refractivity (Wildman–Crippen MR) is 57.1 cm³/mol. The van der Waals surface area contributed by atoms with Crippen molar-refractivity contribution < 1.29 is 4.79 Å². The van der Waals surface area contributed by atoms with Crippen LogP contribution >= 0.6 is 12.6 Å². The second kappa shape index (κ2) is 4.86. The summed E-state index contributed by atoms with van der Waals surface area (Å²) in [5.74, 6) is 0.904. The molecule has 0 radical (unpaired) electrons. The van der Waals surface area contributed by atoms with Crippen LogP contribution in [-0.4, -0.2) is 54.7 Å². The maximum atomic E-state index is 11.5. The number of carbonyl (C=O) groups excluding carboxylic acids is 1. The van der Waals surface area contributed by atoms with E-state index in [2.05, 4.69) is 31.6 Å². The molecule has 0 aromatic rings. The molecule has 0 spiro atoms. The molecule has 3 nitrogen and oxygen atoms in total. The number of carbonyl (C=O) groups is 1. The minimum Gasteiger partial charge on any atom is -0.341 e. The molecule has 0 bridgehead atoms. The zero-order valence-corrected chi connectivity index (χ0v) is 9.26. The maximum Gasteiger partial charge on any atom is 0.223 e. The summed E-state index contributed by atoms with van der Waals surface area (Å²) >= 11 is 4.06. The van der Waals surface area contributed by atoms with Crippen molar-refractivity contribution in [1.29, 1.82) is 0 Å². The first kappa shape index (κ1) is 10.9. The topological polar surface area (TPSA) is 23.6 Å². The Bertz CT molecular complexity index is 184. The fourth-order valence-corrected chi connectivity index (χ4v) is 1.83. The van der Waals surface area contributed by atoms with Crippen LogP contribution in [0, 0.1) is 0 Å². The normalized spacial score (nSPS) is 22.8. The molecule has 1 rings (SSSR count). The smallest absolute Gasteiger partial charge is 0.223 e. The van der Waals surface area contributed by atoms with Crippen molar-refractivity contribution in [2.75, 3.05) is 32.9 Å². The van der Waals surface area contributed by atoms with E-state index >= 15 is 0 Å². The zero-order chi connectivity index (χ0) is 9.84. The average Bonchev–Trinajstić information content (AvgIpc) is 2.52. The second-order valence-corrected chi connectivity index (χ2v) is 4.17. The van der Waals surface area contributed by atoms with Gasteiger partial charge in [-0.3, -0.25) is 4.79 Å². The highest BCUT2D eigenvalue weighted by atomic mass is 32.1. The molecule has 1 saturated heterocycles. The SMILES string of the molecule is CN(C)C1CCN(C(=O)CCS)C1. The maximum absolute atomic E-state index is 11.5. The van der Waals surface area contributed by atoms with Crippen LogP contribution in [0.1, 0.15) is 12.8 Å². The summed E-state index contributed by atoms with van der Waals surface area (Å²) in [6.07, 6.45) is 1.68. The molecule has 1 fully saturated rings. The summed E-state index contributed by atoms with van der Waals surface area (Å²) in [5.41, 5.74) is 0. The predicted octanol–water partition coefficient (Wildman–Crippen LogP) is 0.469. The van der Waals surface area contributed by atoms with E-state index in [1.807, 2.05) is 4.90 Å². The van der Waals surface area contributed by atoms with Crippen molar-refractivity contribution in [1.82, 2.24) is 9.80 Å². The highest BCUT2D eigenvalue weighted by Gasteiger charge is 2.26. The van der Waals surface area contributed by atoms with Gasteiger partial charge in [-0.1, -0.05) is 0 Å². The molecule has 0 aromatic carbocycles. The van der Waals surface area contributed by atoms with Gasteiger partial charge in [0, 0.05) is 25.6 Å². The Morgan fingerprint density at radius 3 is 2.77 bits per heavy atom. The van der Waals surface area contributed by atoms with Gasteiger partial charge in [0.05, 0.1) is 0 Å².